The van der Waals surface area contributed by atoms with Crippen molar-refractivity contribution in [1.29, 1.82) is 0 Å². The van der Waals surface area contributed by atoms with Gasteiger partial charge in [0, 0.05) is 13.1 Å². The lowest BCUT2D eigenvalue weighted by molar-refractivity contribution is -0.134. The molecule has 20 heavy (non-hydrogen) atoms. The smallest absolute Gasteiger partial charge is 0.239 e. The Morgan fingerprint density at radius 1 is 1.25 bits per heavy atom. The monoisotopic (exact) mass is 274 g/mol. The Bertz CT molecular complexity index is 412. The number of rotatable bonds is 5. The summed E-state index contributed by atoms with van der Waals surface area (Å²) in [6.07, 6.45) is 7.63. The van der Waals surface area contributed by atoms with Gasteiger partial charge in [-0.3, -0.25) is 4.79 Å². The van der Waals surface area contributed by atoms with E-state index in [0.29, 0.717) is 6.04 Å². The largest absolute Gasteiger partial charge is 0.341 e. The van der Waals surface area contributed by atoms with Crippen LogP contribution in [0.3, 0.4) is 0 Å². The summed E-state index contributed by atoms with van der Waals surface area (Å²) in [5, 5.41) is 0. The van der Waals surface area contributed by atoms with Gasteiger partial charge in [-0.15, -0.1) is 0 Å². The fourth-order valence-corrected chi connectivity index (χ4v) is 3.00. The fourth-order valence-electron chi connectivity index (χ4n) is 3.00. The number of aryl methyl sites for hydroxylation is 1. The molecule has 3 heteroatoms. The minimum absolute atomic E-state index is 0.104. The Kier molecular flexibility index (Phi) is 5.60. The molecule has 0 spiro atoms. The van der Waals surface area contributed by atoms with Crippen LogP contribution in [-0.4, -0.2) is 29.9 Å². The van der Waals surface area contributed by atoms with Crippen molar-refractivity contribution in [2.24, 2.45) is 5.73 Å². The standard InChI is InChI=1S/C17H26N2O/c1-19(15-10-6-3-7-11-15)17(20)16(18)13-12-14-8-4-2-5-9-14/h2,4-5,8-9,15-16H,3,6-7,10-13,18H2,1H3/t16-/m0/s1. The van der Waals surface area contributed by atoms with Crippen LogP contribution in [0.15, 0.2) is 30.3 Å². The molecule has 3 nitrogen and oxygen atoms in total. The Morgan fingerprint density at radius 3 is 2.55 bits per heavy atom. The van der Waals surface area contributed by atoms with Crippen LogP contribution >= 0.6 is 0 Å². The van der Waals surface area contributed by atoms with Crippen molar-refractivity contribution in [3.8, 4) is 0 Å². The van der Waals surface area contributed by atoms with Gasteiger partial charge in [0.05, 0.1) is 6.04 Å². The highest BCUT2D eigenvalue weighted by Crippen LogP contribution is 2.22. The molecule has 2 rings (SSSR count). The van der Waals surface area contributed by atoms with E-state index in [9.17, 15) is 4.79 Å². The summed E-state index contributed by atoms with van der Waals surface area (Å²) in [4.78, 5) is 14.3. The van der Waals surface area contributed by atoms with Crippen LogP contribution < -0.4 is 5.73 Å². The third kappa shape index (κ3) is 4.07. The number of hydrogen-bond acceptors (Lipinski definition) is 2. The van der Waals surface area contributed by atoms with Gasteiger partial charge in [0.2, 0.25) is 5.91 Å². The first kappa shape index (κ1) is 15.0. The average molecular weight is 274 g/mol. The maximum absolute atomic E-state index is 12.4. The van der Waals surface area contributed by atoms with Gasteiger partial charge in [-0.25, -0.2) is 0 Å². The molecule has 1 aromatic carbocycles. The maximum Gasteiger partial charge on any atom is 0.239 e. The second-order valence-electron chi connectivity index (χ2n) is 5.87. The molecule has 1 saturated carbocycles. The van der Waals surface area contributed by atoms with Crippen molar-refractivity contribution in [3.63, 3.8) is 0 Å². The first-order valence-electron chi connectivity index (χ1n) is 7.74. The van der Waals surface area contributed by atoms with E-state index < -0.39 is 0 Å². The zero-order valence-electron chi connectivity index (χ0n) is 12.4. The molecular formula is C17H26N2O. The number of amides is 1. The zero-order valence-corrected chi connectivity index (χ0v) is 12.4. The van der Waals surface area contributed by atoms with Crippen molar-refractivity contribution in [2.75, 3.05) is 7.05 Å². The van der Waals surface area contributed by atoms with Gasteiger partial charge < -0.3 is 10.6 Å². The van der Waals surface area contributed by atoms with Crippen molar-refractivity contribution >= 4 is 5.91 Å². The van der Waals surface area contributed by atoms with E-state index in [2.05, 4.69) is 12.1 Å². The average Bonchev–Trinajstić information content (AvgIpc) is 2.53. The van der Waals surface area contributed by atoms with E-state index in [1.807, 2.05) is 30.1 Å². The topological polar surface area (TPSA) is 46.3 Å². The number of carbonyl (C=O) groups excluding carboxylic acids is 1. The summed E-state index contributed by atoms with van der Waals surface area (Å²) in [5.41, 5.74) is 7.33. The second-order valence-corrected chi connectivity index (χ2v) is 5.87. The molecule has 1 aliphatic rings. The summed E-state index contributed by atoms with van der Waals surface area (Å²) in [6.45, 7) is 0. The van der Waals surface area contributed by atoms with Crippen molar-refractivity contribution in [3.05, 3.63) is 35.9 Å². The molecule has 1 aromatic rings. The summed E-state index contributed by atoms with van der Waals surface area (Å²) in [5.74, 6) is 0.104. The van der Waals surface area contributed by atoms with E-state index in [1.165, 1.54) is 24.8 Å². The Hall–Kier alpha value is -1.35. The van der Waals surface area contributed by atoms with Crippen LogP contribution in [-0.2, 0) is 11.2 Å². The maximum atomic E-state index is 12.4. The van der Waals surface area contributed by atoms with Gasteiger partial charge in [0.15, 0.2) is 0 Å². The number of nitrogens with zero attached hydrogens (tertiary/aromatic N) is 1. The molecule has 1 atom stereocenters. The molecule has 0 aliphatic heterocycles. The molecule has 0 saturated heterocycles. The zero-order chi connectivity index (χ0) is 14.4. The van der Waals surface area contributed by atoms with Gasteiger partial charge in [-0.05, 0) is 31.2 Å². The quantitative estimate of drug-likeness (QED) is 0.897. The highest BCUT2D eigenvalue weighted by molar-refractivity contribution is 5.81. The predicted molar refractivity (Wildman–Crippen MR) is 82.4 cm³/mol. The van der Waals surface area contributed by atoms with Crippen LogP contribution in [0, 0.1) is 0 Å². The van der Waals surface area contributed by atoms with E-state index in [1.54, 1.807) is 0 Å². The van der Waals surface area contributed by atoms with Gasteiger partial charge in [-0.1, -0.05) is 49.6 Å². The summed E-state index contributed by atoms with van der Waals surface area (Å²) in [7, 11) is 1.92. The lowest BCUT2D eigenvalue weighted by atomic mass is 9.94. The lowest BCUT2D eigenvalue weighted by Gasteiger charge is -2.32. The number of nitrogens with two attached hydrogens (primary N) is 1. The van der Waals surface area contributed by atoms with E-state index in [-0.39, 0.29) is 11.9 Å². The van der Waals surface area contributed by atoms with Crippen molar-refractivity contribution < 1.29 is 4.79 Å². The molecule has 0 bridgehead atoms. The molecule has 1 aliphatic carbocycles. The molecule has 2 N–H and O–H groups in total. The lowest BCUT2D eigenvalue weighted by Crippen LogP contribution is -2.47. The molecule has 0 heterocycles. The van der Waals surface area contributed by atoms with Crippen LogP contribution in [0.25, 0.3) is 0 Å². The molecule has 0 aromatic heterocycles. The molecule has 0 radical (unpaired) electrons. The number of likely N-dealkylation sites (N-methyl/N-ethyl adjacent to an activating group) is 1. The first-order valence-corrected chi connectivity index (χ1v) is 7.74. The van der Waals surface area contributed by atoms with Crippen LogP contribution in [0.1, 0.15) is 44.1 Å². The van der Waals surface area contributed by atoms with E-state index >= 15 is 0 Å². The summed E-state index contributed by atoms with van der Waals surface area (Å²) >= 11 is 0. The van der Waals surface area contributed by atoms with Gasteiger partial charge in [0.1, 0.15) is 0 Å². The van der Waals surface area contributed by atoms with E-state index in [0.717, 1.165) is 25.7 Å². The molecular weight excluding hydrogens is 248 g/mol. The number of hydrogen-bond donors (Lipinski definition) is 1. The molecule has 1 fully saturated rings. The minimum Gasteiger partial charge on any atom is -0.341 e. The van der Waals surface area contributed by atoms with Gasteiger partial charge in [0.25, 0.3) is 0 Å². The molecule has 1 amide bonds. The first-order chi connectivity index (χ1) is 9.68. The number of benzene rings is 1. The third-order valence-electron chi connectivity index (χ3n) is 4.37. The van der Waals surface area contributed by atoms with Crippen LogP contribution in [0.2, 0.25) is 0 Å². The van der Waals surface area contributed by atoms with Gasteiger partial charge >= 0.3 is 0 Å². The van der Waals surface area contributed by atoms with E-state index in [4.69, 9.17) is 5.73 Å². The van der Waals surface area contributed by atoms with Gasteiger partial charge in [-0.2, -0.15) is 0 Å². The van der Waals surface area contributed by atoms with Crippen LogP contribution in [0.4, 0.5) is 0 Å². The summed E-state index contributed by atoms with van der Waals surface area (Å²) < 4.78 is 0. The summed E-state index contributed by atoms with van der Waals surface area (Å²) in [6, 6.07) is 10.3. The third-order valence-corrected chi connectivity index (χ3v) is 4.37. The highest BCUT2D eigenvalue weighted by atomic mass is 16.2. The number of carbonyl (C=O) groups is 1. The molecule has 0 unspecified atom stereocenters. The molecule has 110 valence electrons. The second kappa shape index (κ2) is 7.44. The van der Waals surface area contributed by atoms with Crippen LogP contribution in [0.5, 0.6) is 0 Å². The Morgan fingerprint density at radius 2 is 1.90 bits per heavy atom. The predicted octanol–water partition coefficient (Wildman–Crippen LogP) is 2.74. The van der Waals surface area contributed by atoms with Crippen molar-refractivity contribution in [1.82, 2.24) is 4.90 Å². The Balaban J connectivity index is 1.81. The minimum atomic E-state index is -0.373. The highest BCUT2D eigenvalue weighted by Gasteiger charge is 2.25. The Labute approximate surface area is 122 Å². The fraction of sp³-hybridized carbons (Fsp3) is 0.588. The van der Waals surface area contributed by atoms with Crippen molar-refractivity contribution in [2.45, 2.75) is 57.0 Å². The SMILES string of the molecule is CN(C(=O)[C@@H](N)CCc1ccccc1)C1CCCCC1. The normalized spacial score (nSPS) is 17.7.